The van der Waals surface area contributed by atoms with Gasteiger partial charge >= 0.3 is 0 Å². The summed E-state index contributed by atoms with van der Waals surface area (Å²) in [6.07, 6.45) is 1.93. The maximum Gasteiger partial charge on any atom is 0.189 e. The Morgan fingerprint density at radius 2 is 1.87 bits per heavy atom. The summed E-state index contributed by atoms with van der Waals surface area (Å²) in [6.45, 7) is 0. The summed E-state index contributed by atoms with van der Waals surface area (Å²) >= 11 is 1.49. The van der Waals surface area contributed by atoms with Crippen LogP contribution >= 0.6 is 11.8 Å². The first-order chi connectivity index (χ1) is 7.29. The van der Waals surface area contributed by atoms with Crippen molar-refractivity contribution in [3.63, 3.8) is 0 Å². The van der Waals surface area contributed by atoms with Crippen LogP contribution in [0, 0.1) is 0 Å². The van der Waals surface area contributed by atoms with Crippen LogP contribution in [0.3, 0.4) is 0 Å². The van der Waals surface area contributed by atoms with Crippen LogP contribution in [0.25, 0.3) is 11.3 Å². The lowest BCUT2D eigenvalue weighted by molar-refractivity contribution is 0.985. The largest absolute Gasteiger partial charge is 0.384 e. The van der Waals surface area contributed by atoms with E-state index in [1.54, 1.807) is 6.07 Å². The number of hydrogen-bond donors (Lipinski definition) is 1. The molecule has 3 nitrogen and oxygen atoms in total. The van der Waals surface area contributed by atoms with Gasteiger partial charge in [0.05, 0.1) is 5.69 Å². The number of rotatable bonds is 2. The first-order valence-corrected chi connectivity index (χ1v) is 5.76. The van der Waals surface area contributed by atoms with Crippen molar-refractivity contribution in [3.05, 3.63) is 36.4 Å². The summed E-state index contributed by atoms with van der Waals surface area (Å²) in [5, 5.41) is 0.703. The molecule has 0 spiro atoms. The van der Waals surface area contributed by atoms with Crippen LogP contribution < -0.4 is 5.73 Å². The molecule has 0 aliphatic heterocycles. The number of nitrogens with zero attached hydrogens (tertiary/aromatic N) is 2. The lowest BCUT2D eigenvalue weighted by Gasteiger charge is -2.03. The Hall–Kier alpha value is -1.55. The molecule has 0 aliphatic carbocycles. The summed E-state index contributed by atoms with van der Waals surface area (Å²) in [4.78, 5) is 8.50. The molecule has 0 aliphatic rings. The van der Waals surface area contributed by atoms with E-state index in [9.17, 15) is 0 Å². The second kappa shape index (κ2) is 4.31. The molecule has 0 saturated heterocycles. The summed E-state index contributed by atoms with van der Waals surface area (Å²) in [6, 6.07) is 11.7. The number of benzene rings is 1. The summed E-state index contributed by atoms with van der Waals surface area (Å²) < 4.78 is 0. The minimum absolute atomic E-state index is 0.508. The minimum Gasteiger partial charge on any atom is -0.384 e. The molecule has 15 heavy (non-hydrogen) atoms. The number of thioether (sulfide) groups is 1. The summed E-state index contributed by atoms with van der Waals surface area (Å²) in [7, 11) is 0. The van der Waals surface area contributed by atoms with Gasteiger partial charge in [-0.05, 0) is 6.26 Å². The zero-order chi connectivity index (χ0) is 10.7. The second-order valence-corrected chi connectivity index (χ2v) is 3.80. The van der Waals surface area contributed by atoms with Crippen molar-refractivity contribution in [1.82, 2.24) is 9.97 Å². The Morgan fingerprint density at radius 3 is 2.53 bits per heavy atom. The molecular weight excluding hydrogens is 206 g/mol. The molecule has 2 N–H and O–H groups in total. The molecule has 1 heterocycles. The van der Waals surface area contributed by atoms with Gasteiger partial charge in [0, 0.05) is 11.6 Å². The van der Waals surface area contributed by atoms with E-state index in [1.807, 2.05) is 36.6 Å². The summed E-state index contributed by atoms with van der Waals surface area (Å²) in [5.74, 6) is 0.508. The highest BCUT2D eigenvalue weighted by atomic mass is 32.2. The predicted octanol–water partition coefficient (Wildman–Crippen LogP) is 2.45. The first-order valence-electron chi connectivity index (χ1n) is 4.53. The van der Waals surface area contributed by atoms with Gasteiger partial charge < -0.3 is 5.73 Å². The molecule has 0 fully saturated rings. The van der Waals surface area contributed by atoms with E-state index in [0.717, 1.165) is 11.3 Å². The lowest BCUT2D eigenvalue weighted by atomic mass is 10.1. The van der Waals surface area contributed by atoms with Gasteiger partial charge in [-0.2, -0.15) is 0 Å². The maximum absolute atomic E-state index is 5.71. The highest BCUT2D eigenvalue weighted by Crippen LogP contribution is 2.20. The molecule has 2 aromatic rings. The van der Waals surface area contributed by atoms with Crippen LogP contribution in [0.1, 0.15) is 0 Å². The fraction of sp³-hybridized carbons (Fsp3) is 0.0909. The van der Waals surface area contributed by atoms with Gasteiger partial charge in [-0.3, -0.25) is 0 Å². The highest BCUT2D eigenvalue weighted by Gasteiger charge is 2.03. The van der Waals surface area contributed by atoms with Crippen molar-refractivity contribution in [2.45, 2.75) is 5.16 Å². The van der Waals surface area contributed by atoms with E-state index in [-0.39, 0.29) is 0 Å². The van der Waals surface area contributed by atoms with Gasteiger partial charge in [-0.15, -0.1) is 0 Å². The fourth-order valence-electron chi connectivity index (χ4n) is 1.29. The Morgan fingerprint density at radius 1 is 1.13 bits per heavy atom. The molecule has 76 valence electrons. The zero-order valence-corrected chi connectivity index (χ0v) is 9.16. The van der Waals surface area contributed by atoms with Crippen LogP contribution in [0.5, 0.6) is 0 Å². The average molecular weight is 217 g/mol. The van der Waals surface area contributed by atoms with Gasteiger partial charge in [0.15, 0.2) is 5.16 Å². The minimum atomic E-state index is 0.508. The molecular formula is C11H11N3S. The van der Waals surface area contributed by atoms with E-state index in [1.165, 1.54) is 11.8 Å². The molecule has 1 aromatic heterocycles. The molecule has 4 heteroatoms. The van der Waals surface area contributed by atoms with Crippen LogP contribution in [0.2, 0.25) is 0 Å². The standard InChI is InChI=1S/C11H11N3S/c1-15-11-13-9(7-10(12)14-11)8-5-3-2-4-6-8/h2-7H,1H3,(H2,12,13,14). The molecule has 0 atom stereocenters. The van der Waals surface area contributed by atoms with E-state index in [2.05, 4.69) is 9.97 Å². The highest BCUT2D eigenvalue weighted by molar-refractivity contribution is 7.98. The number of anilines is 1. The van der Waals surface area contributed by atoms with Crippen molar-refractivity contribution in [1.29, 1.82) is 0 Å². The van der Waals surface area contributed by atoms with Crippen LogP contribution in [0.4, 0.5) is 5.82 Å². The Balaban J connectivity index is 2.49. The lowest BCUT2D eigenvalue weighted by Crippen LogP contribution is -1.96. The third-order valence-electron chi connectivity index (χ3n) is 1.98. The van der Waals surface area contributed by atoms with Crippen molar-refractivity contribution in [2.24, 2.45) is 0 Å². The molecule has 2 rings (SSSR count). The van der Waals surface area contributed by atoms with Gasteiger partial charge in [0.25, 0.3) is 0 Å². The second-order valence-electron chi connectivity index (χ2n) is 3.03. The number of nitrogens with two attached hydrogens (primary N) is 1. The zero-order valence-electron chi connectivity index (χ0n) is 8.34. The monoisotopic (exact) mass is 217 g/mol. The van der Waals surface area contributed by atoms with Crippen molar-refractivity contribution >= 4 is 17.6 Å². The predicted molar refractivity (Wildman–Crippen MR) is 63.7 cm³/mol. The quantitative estimate of drug-likeness (QED) is 0.620. The van der Waals surface area contributed by atoms with Crippen molar-refractivity contribution in [2.75, 3.05) is 12.0 Å². The smallest absolute Gasteiger partial charge is 0.189 e. The maximum atomic E-state index is 5.71. The average Bonchev–Trinajstić information content (AvgIpc) is 2.29. The topological polar surface area (TPSA) is 51.8 Å². The van der Waals surface area contributed by atoms with Gasteiger partial charge in [0.2, 0.25) is 0 Å². The van der Waals surface area contributed by atoms with Gasteiger partial charge in [0.1, 0.15) is 5.82 Å². The van der Waals surface area contributed by atoms with E-state index in [4.69, 9.17) is 5.73 Å². The molecule has 0 radical (unpaired) electrons. The van der Waals surface area contributed by atoms with Crippen LogP contribution in [-0.2, 0) is 0 Å². The molecule has 0 bridgehead atoms. The number of nitrogen functional groups attached to an aromatic ring is 1. The van der Waals surface area contributed by atoms with Gasteiger partial charge in [-0.1, -0.05) is 42.1 Å². The third-order valence-corrected chi connectivity index (χ3v) is 2.53. The normalized spacial score (nSPS) is 10.2. The fourth-order valence-corrected chi connectivity index (χ4v) is 1.68. The third kappa shape index (κ3) is 2.27. The SMILES string of the molecule is CSc1nc(N)cc(-c2ccccc2)n1. The van der Waals surface area contributed by atoms with E-state index >= 15 is 0 Å². The number of hydrogen-bond acceptors (Lipinski definition) is 4. The molecule has 0 amide bonds. The Labute approximate surface area is 92.8 Å². The van der Waals surface area contributed by atoms with E-state index in [0.29, 0.717) is 11.0 Å². The van der Waals surface area contributed by atoms with Crippen LogP contribution in [0.15, 0.2) is 41.6 Å². The van der Waals surface area contributed by atoms with Crippen LogP contribution in [-0.4, -0.2) is 16.2 Å². The number of aromatic nitrogens is 2. The molecule has 0 unspecified atom stereocenters. The molecule has 1 aromatic carbocycles. The first kappa shape index (κ1) is 9.98. The Kier molecular flexibility index (Phi) is 2.87. The summed E-state index contributed by atoms with van der Waals surface area (Å²) in [5.41, 5.74) is 7.63. The Bertz CT molecular complexity index is 457. The van der Waals surface area contributed by atoms with E-state index < -0.39 is 0 Å². The van der Waals surface area contributed by atoms with Crippen molar-refractivity contribution in [3.8, 4) is 11.3 Å². The van der Waals surface area contributed by atoms with Gasteiger partial charge in [-0.25, -0.2) is 9.97 Å². The molecule has 0 saturated carbocycles. The van der Waals surface area contributed by atoms with Crippen molar-refractivity contribution < 1.29 is 0 Å².